The molecule has 0 bridgehead atoms. The van der Waals surface area contributed by atoms with Crippen LogP contribution in [-0.2, 0) is 4.74 Å². The van der Waals surface area contributed by atoms with Crippen LogP contribution in [0.1, 0.15) is 28.8 Å². The third kappa shape index (κ3) is 3.12. The van der Waals surface area contributed by atoms with Gasteiger partial charge in [0.1, 0.15) is 11.3 Å². The topological polar surface area (TPSA) is 95.3 Å². The van der Waals surface area contributed by atoms with Crippen molar-refractivity contribution < 1.29 is 14.6 Å². The number of benzene rings is 1. The van der Waals surface area contributed by atoms with E-state index in [0.29, 0.717) is 6.54 Å². The first kappa shape index (κ1) is 12.9. The minimum atomic E-state index is -0.586. The van der Waals surface area contributed by atoms with Crippen molar-refractivity contribution in [1.82, 2.24) is 0 Å². The van der Waals surface area contributed by atoms with Crippen molar-refractivity contribution in [2.24, 2.45) is 5.11 Å². The molecule has 17 heavy (non-hydrogen) atoms. The van der Waals surface area contributed by atoms with E-state index in [-0.39, 0.29) is 17.2 Å². The Balaban J connectivity index is 2.95. The summed E-state index contributed by atoms with van der Waals surface area (Å²) in [6.45, 7) is 2.16. The number of methoxy groups -OCH3 is 1. The number of azide groups is 1. The molecule has 0 aliphatic rings. The summed E-state index contributed by atoms with van der Waals surface area (Å²) in [6, 6.07) is 4.66. The van der Waals surface area contributed by atoms with Crippen molar-refractivity contribution in [2.75, 3.05) is 13.7 Å². The van der Waals surface area contributed by atoms with Gasteiger partial charge in [-0.15, -0.1) is 0 Å². The van der Waals surface area contributed by atoms with Crippen molar-refractivity contribution in [3.8, 4) is 5.75 Å². The molecule has 6 nitrogen and oxygen atoms in total. The number of carbonyl (C=O) groups is 1. The molecule has 1 rings (SSSR count). The Bertz CT molecular complexity index is 467. The van der Waals surface area contributed by atoms with Gasteiger partial charge in [-0.3, -0.25) is 0 Å². The number of hydrogen-bond acceptors (Lipinski definition) is 4. The predicted octanol–water partition coefficient (Wildman–Crippen LogP) is 2.59. The Morgan fingerprint density at radius 2 is 2.35 bits per heavy atom. The fraction of sp³-hybridized carbons (Fsp3) is 0.364. The molecule has 0 heterocycles. The van der Waals surface area contributed by atoms with Crippen LogP contribution in [0.15, 0.2) is 23.3 Å². The van der Waals surface area contributed by atoms with Crippen molar-refractivity contribution in [3.63, 3.8) is 0 Å². The van der Waals surface area contributed by atoms with Crippen molar-refractivity contribution in [2.45, 2.75) is 12.8 Å². The molecule has 1 N–H and O–H groups in total. The van der Waals surface area contributed by atoms with Gasteiger partial charge in [-0.25, -0.2) is 4.79 Å². The van der Waals surface area contributed by atoms with Gasteiger partial charge in [0.2, 0.25) is 0 Å². The second kappa shape index (κ2) is 5.77. The Morgan fingerprint density at radius 3 is 2.88 bits per heavy atom. The van der Waals surface area contributed by atoms with E-state index in [1.54, 1.807) is 6.07 Å². The minimum Gasteiger partial charge on any atom is -0.507 e. The Morgan fingerprint density at radius 1 is 1.65 bits per heavy atom. The van der Waals surface area contributed by atoms with Gasteiger partial charge in [-0.2, -0.15) is 0 Å². The quantitative estimate of drug-likeness (QED) is 0.376. The minimum absolute atomic E-state index is 0.0245. The molecule has 0 amide bonds. The number of nitrogens with zero attached hydrogens (tertiary/aromatic N) is 3. The molecule has 0 saturated heterocycles. The van der Waals surface area contributed by atoms with Crippen molar-refractivity contribution in [3.05, 3.63) is 39.8 Å². The molecule has 1 aromatic carbocycles. The highest BCUT2D eigenvalue weighted by atomic mass is 16.5. The molecule has 0 radical (unpaired) electrons. The summed E-state index contributed by atoms with van der Waals surface area (Å²) in [5.41, 5.74) is 9.13. The summed E-state index contributed by atoms with van der Waals surface area (Å²) < 4.78 is 4.52. The van der Waals surface area contributed by atoms with Gasteiger partial charge in [-0.1, -0.05) is 18.1 Å². The van der Waals surface area contributed by atoms with Crippen LogP contribution in [0.25, 0.3) is 10.4 Å². The SMILES string of the molecule is COC(=O)c1ccc(C(C)CN=[N+]=[N-])cc1O. The van der Waals surface area contributed by atoms with Gasteiger partial charge in [0.25, 0.3) is 0 Å². The average molecular weight is 235 g/mol. The molecule has 1 unspecified atom stereocenters. The first-order valence-electron chi connectivity index (χ1n) is 5.02. The molecular formula is C11H13N3O3. The maximum atomic E-state index is 11.2. The van der Waals surface area contributed by atoms with Crippen LogP contribution in [0.4, 0.5) is 0 Å². The monoisotopic (exact) mass is 235 g/mol. The molecule has 0 aromatic heterocycles. The number of phenolic OH excluding ortho intramolecular Hbond substituents is 1. The van der Waals surface area contributed by atoms with Crippen molar-refractivity contribution >= 4 is 5.97 Å². The summed E-state index contributed by atoms with van der Waals surface area (Å²) >= 11 is 0. The standard InChI is InChI=1S/C11H13N3O3/c1-7(6-13-14-12)8-3-4-9(10(15)5-8)11(16)17-2/h3-5,7,15H,6H2,1-2H3. The lowest BCUT2D eigenvalue weighted by molar-refractivity contribution is 0.0597. The van der Waals surface area contributed by atoms with Gasteiger partial charge in [0.15, 0.2) is 0 Å². The van der Waals surface area contributed by atoms with Gasteiger partial charge in [-0.05, 0) is 29.1 Å². The lowest BCUT2D eigenvalue weighted by Crippen LogP contribution is -2.03. The highest BCUT2D eigenvalue weighted by Crippen LogP contribution is 2.24. The predicted molar refractivity (Wildman–Crippen MR) is 61.9 cm³/mol. The van der Waals surface area contributed by atoms with E-state index in [1.807, 2.05) is 6.92 Å². The molecule has 6 heteroatoms. The highest BCUT2D eigenvalue weighted by Gasteiger charge is 2.13. The molecular weight excluding hydrogens is 222 g/mol. The first-order chi connectivity index (χ1) is 8.10. The second-order valence-corrected chi connectivity index (χ2v) is 3.58. The molecule has 0 aliphatic carbocycles. The second-order valence-electron chi connectivity index (χ2n) is 3.58. The zero-order chi connectivity index (χ0) is 12.8. The average Bonchev–Trinajstić information content (AvgIpc) is 2.34. The van der Waals surface area contributed by atoms with Crippen LogP contribution in [0.3, 0.4) is 0 Å². The normalized spacial score (nSPS) is 11.4. The van der Waals surface area contributed by atoms with Gasteiger partial charge in [0.05, 0.1) is 7.11 Å². The molecule has 1 aromatic rings. The van der Waals surface area contributed by atoms with Crippen molar-refractivity contribution in [1.29, 1.82) is 0 Å². The van der Waals surface area contributed by atoms with Crippen LogP contribution in [0, 0.1) is 0 Å². The Kier molecular flexibility index (Phi) is 4.37. The molecule has 90 valence electrons. The van der Waals surface area contributed by atoms with E-state index in [4.69, 9.17) is 5.53 Å². The van der Waals surface area contributed by atoms with Gasteiger partial charge < -0.3 is 9.84 Å². The summed E-state index contributed by atoms with van der Waals surface area (Å²) in [5.74, 6) is -0.748. The number of hydrogen-bond donors (Lipinski definition) is 1. The number of aromatic hydroxyl groups is 1. The van der Waals surface area contributed by atoms with Gasteiger partial charge in [0, 0.05) is 11.5 Å². The lowest BCUT2D eigenvalue weighted by Gasteiger charge is -2.10. The maximum absolute atomic E-state index is 11.2. The summed E-state index contributed by atoms with van der Waals surface area (Å²) in [6.07, 6.45) is 0. The number of rotatable bonds is 4. The van der Waals surface area contributed by atoms with E-state index in [1.165, 1.54) is 19.2 Å². The third-order valence-electron chi connectivity index (χ3n) is 2.41. The van der Waals surface area contributed by atoms with Crippen LogP contribution in [-0.4, -0.2) is 24.7 Å². The highest BCUT2D eigenvalue weighted by molar-refractivity contribution is 5.92. The molecule has 0 spiro atoms. The number of esters is 1. The number of carbonyl (C=O) groups excluding carboxylic acids is 1. The van der Waals surface area contributed by atoms with E-state index in [0.717, 1.165) is 5.56 Å². The van der Waals surface area contributed by atoms with Crippen LogP contribution in [0.2, 0.25) is 0 Å². The molecule has 1 atom stereocenters. The smallest absolute Gasteiger partial charge is 0.341 e. The number of ether oxygens (including phenoxy) is 1. The fourth-order valence-electron chi connectivity index (χ4n) is 1.40. The molecule has 0 fully saturated rings. The zero-order valence-electron chi connectivity index (χ0n) is 9.62. The van der Waals surface area contributed by atoms with E-state index < -0.39 is 5.97 Å². The lowest BCUT2D eigenvalue weighted by atomic mass is 9.99. The molecule has 0 aliphatic heterocycles. The van der Waals surface area contributed by atoms with Crippen LogP contribution in [0.5, 0.6) is 5.75 Å². The summed E-state index contributed by atoms with van der Waals surface area (Å²) in [5, 5.41) is 13.1. The summed E-state index contributed by atoms with van der Waals surface area (Å²) in [4.78, 5) is 13.9. The van der Waals surface area contributed by atoms with E-state index in [9.17, 15) is 9.90 Å². The van der Waals surface area contributed by atoms with Crippen LogP contribution < -0.4 is 0 Å². The third-order valence-corrected chi connectivity index (χ3v) is 2.41. The first-order valence-corrected chi connectivity index (χ1v) is 5.02. The fourth-order valence-corrected chi connectivity index (χ4v) is 1.40. The molecule has 0 saturated carbocycles. The Labute approximate surface area is 98.5 Å². The van der Waals surface area contributed by atoms with Gasteiger partial charge >= 0.3 is 5.97 Å². The largest absolute Gasteiger partial charge is 0.507 e. The zero-order valence-corrected chi connectivity index (χ0v) is 9.62. The number of phenols is 1. The van der Waals surface area contributed by atoms with E-state index >= 15 is 0 Å². The Hall–Kier alpha value is -2.20. The van der Waals surface area contributed by atoms with Crippen LogP contribution >= 0.6 is 0 Å². The van der Waals surface area contributed by atoms with E-state index in [2.05, 4.69) is 14.8 Å². The summed E-state index contributed by atoms with van der Waals surface area (Å²) in [7, 11) is 1.25. The maximum Gasteiger partial charge on any atom is 0.341 e.